The average molecular weight is 930 g/mol. The first kappa shape index (κ1) is 44.6. The van der Waals surface area contributed by atoms with E-state index < -0.39 is 0 Å². The summed E-state index contributed by atoms with van der Waals surface area (Å²) >= 11 is 0. The van der Waals surface area contributed by atoms with Crippen LogP contribution in [0.1, 0.15) is 54.9 Å². The van der Waals surface area contributed by atoms with Gasteiger partial charge in [0, 0.05) is 28.3 Å². The number of rotatable bonds is 12. The number of hydrogen-bond acceptors (Lipinski definition) is 3. The minimum atomic E-state index is -0.330. The maximum Gasteiger partial charge on any atom is 0.149 e. The predicted octanol–water partition coefficient (Wildman–Crippen LogP) is 17.2. The molecule has 1 fully saturated rings. The number of nitrogens with zero attached hydrogens (tertiary/aromatic N) is 3. The first-order chi connectivity index (χ1) is 35.5. The monoisotopic (exact) mass is 929 g/mol. The second kappa shape index (κ2) is 19.3. The Morgan fingerprint density at radius 3 is 1.75 bits per heavy atom. The second-order valence-electron chi connectivity index (χ2n) is 19.6. The number of benzene rings is 9. The molecule has 0 bridgehead atoms. The highest BCUT2D eigenvalue weighted by Gasteiger charge is 2.31. The summed E-state index contributed by atoms with van der Waals surface area (Å²) < 4.78 is 2.26. The molecule has 4 nitrogen and oxygen atoms in total. The molecule has 1 saturated carbocycles. The first-order valence-electron chi connectivity index (χ1n) is 25.4. The summed E-state index contributed by atoms with van der Waals surface area (Å²) in [7, 11) is 0. The molecule has 0 unspecified atom stereocenters. The van der Waals surface area contributed by atoms with Crippen molar-refractivity contribution in [2.45, 2.75) is 44.4 Å². The highest BCUT2D eigenvalue weighted by molar-refractivity contribution is 5.98. The number of hydrogen-bond donors (Lipinski definition) is 1. The zero-order chi connectivity index (χ0) is 48.4. The van der Waals surface area contributed by atoms with Gasteiger partial charge in [0.25, 0.3) is 0 Å². The van der Waals surface area contributed by atoms with E-state index in [0.717, 1.165) is 84.8 Å². The summed E-state index contributed by atoms with van der Waals surface area (Å²) in [6.45, 7) is 2.32. The number of aromatic nitrogens is 3. The number of para-hydroxylation sites is 2. The van der Waals surface area contributed by atoms with Crippen LogP contribution in [0.5, 0.6) is 5.75 Å². The summed E-state index contributed by atoms with van der Waals surface area (Å²) in [4.78, 5) is 10.6. The zero-order valence-corrected chi connectivity index (χ0v) is 40.5. The van der Waals surface area contributed by atoms with E-state index in [0.29, 0.717) is 11.4 Å². The lowest BCUT2D eigenvalue weighted by atomic mass is 9.71. The van der Waals surface area contributed by atoms with E-state index in [1.54, 1.807) is 6.07 Å². The SMILES string of the molecule is CC(c1ccccc1)(c1ccccc1)c1ccc(-c2ccnc(-c3cc(-c4ccccc4)cc(-c4cccc5c4nc(-c4ccccc4O)n5-c4ccc(CC5CCCC5)cc4-c4ccccc4)c3)c2)cc1. The van der Waals surface area contributed by atoms with Gasteiger partial charge in [-0.05, 0) is 136 Å². The minimum absolute atomic E-state index is 0.185. The maximum atomic E-state index is 11.5. The average Bonchev–Trinajstić information content (AvgIpc) is 4.12. The molecule has 348 valence electrons. The van der Waals surface area contributed by atoms with Crippen LogP contribution in [-0.4, -0.2) is 19.6 Å². The van der Waals surface area contributed by atoms with Gasteiger partial charge in [0.1, 0.15) is 11.6 Å². The van der Waals surface area contributed by atoms with Crippen LogP contribution in [0.2, 0.25) is 0 Å². The van der Waals surface area contributed by atoms with E-state index in [2.05, 4.69) is 224 Å². The molecule has 0 amide bonds. The minimum Gasteiger partial charge on any atom is -0.507 e. The van der Waals surface area contributed by atoms with Crippen molar-refractivity contribution in [3.63, 3.8) is 0 Å². The summed E-state index contributed by atoms with van der Waals surface area (Å²) in [6.07, 6.45) is 8.23. The van der Waals surface area contributed by atoms with Crippen LogP contribution in [0.4, 0.5) is 0 Å². The molecule has 4 heteroatoms. The van der Waals surface area contributed by atoms with E-state index in [9.17, 15) is 5.11 Å². The normalized spacial score (nSPS) is 12.9. The summed E-state index contributed by atoms with van der Waals surface area (Å²) in [5.74, 6) is 1.59. The molecule has 0 aliphatic heterocycles. The number of phenolic OH excluding ortho intramolecular Hbond substituents is 1. The molecule has 2 aromatic heterocycles. The first-order valence-corrected chi connectivity index (χ1v) is 25.4. The number of fused-ring (bicyclic) bond motifs is 1. The Balaban J connectivity index is 0.993. The van der Waals surface area contributed by atoms with Gasteiger partial charge in [-0.3, -0.25) is 9.55 Å². The molecule has 11 aromatic rings. The molecule has 0 spiro atoms. The lowest BCUT2D eigenvalue weighted by Gasteiger charge is -2.32. The molecule has 12 rings (SSSR count). The quantitative estimate of drug-likeness (QED) is 0.124. The van der Waals surface area contributed by atoms with Crippen molar-refractivity contribution in [3.05, 3.63) is 265 Å². The largest absolute Gasteiger partial charge is 0.507 e. The Bertz CT molecular complexity index is 3630. The van der Waals surface area contributed by atoms with E-state index >= 15 is 0 Å². The lowest BCUT2D eigenvalue weighted by molar-refractivity contribution is 0.477. The van der Waals surface area contributed by atoms with Gasteiger partial charge in [0.2, 0.25) is 0 Å². The van der Waals surface area contributed by atoms with Crippen LogP contribution >= 0.6 is 0 Å². The van der Waals surface area contributed by atoms with E-state index in [4.69, 9.17) is 9.97 Å². The van der Waals surface area contributed by atoms with E-state index in [1.807, 2.05) is 24.4 Å². The van der Waals surface area contributed by atoms with Crippen molar-refractivity contribution in [1.29, 1.82) is 0 Å². The van der Waals surface area contributed by atoms with Gasteiger partial charge in [0.15, 0.2) is 0 Å². The van der Waals surface area contributed by atoms with Gasteiger partial charge in [-0.25, -0.2) is 4.98 Å². The number of imidazole rings is 1. The fraction of sp³-hybridized carbons (Fsp3) is 0.118. The summed E-state index contributed by atoms with van der Waals surface area (Å²) in [6, 6.07) is 84.0. The van der Waals surface area contributed by atoms with Gasteiger partial charge < -0.3 is 5.11 Å². The third-order valence-electron chi connectivity index (χ3n) is 15.1. The zero-order valence-electron chi connectivity index (χ0n) is 40.5. The highest BCUT2D eigenvalue weighted by Crippen LogP contribution is 2.43. The standard InChI is InChI=1S/C68H55N3O/c1-68(56-25-10-4-11-26-56,57-27-12-5-13-28-57)58-36-34-50(35-37-58)52-39-40-69-62(46-52)55-44-53(49-21-6-2-7-22-49)43-54(45-55)59-30-18-31-64-66(59)70-67(60-29-16-17-32-65(60)72)71(64)63-38-33-48(41-47-19-14-15-20-47)42-61(63)51-23-8-3-9-24-51/h2-13,16-18,21-40,42-47,72H,14-15,19-20,41H2,1H3. The fourth-order valence-corrected chi connectivity index (χ4v) is 11.3. The molecule has 9 aromatic carbocycles. The number of phenols is 1. The topological polar surface area (TPSA) is 50.9 Å². The smallest absolute Gasteiger partial charge is 0.149 e. The highest BCUT2D eigenvalue weighted by atomic mass is 16.3. The van der Waals surface area contributed by atoms with E-state index in [1.165, 1.54) is 47.9 Å². The van der Waals surface area contributed by atoms with Crippen LogP contribution in [0.25, 0.3) is 83.9 Å². The Kier molecular flexibility index (Phi) is 12.0. The van der Waals surface area contributed by atoms with Crippen LogP contribution in [-0.2, 0) is 11.8 Å². The van der Waals surface area contributed by atoms with Crippen molar-refractivity contribution in [2.24, 2.45) is 5.92 Å². The molecule has 1 aliphatic rings. The molecule has 72 heavy (non-hydrogen) atoms. The molecule has 1 aliphatic carbocycles. The molecule has 0 radical (unpaired) electrons. The Morgan fingerprint density at radius 1 is 0.472 bits per heavy atom. The van der Waals surface area contributed by atoms with Crippen molar-refractivity contribution in [3.8, 4) is 78.6 Å². The van der Waals surface area contributed by atoms with Crippen LogP contribution in [0.15, 0.2) is 243 Å². The van der Waals surface area contributed by atoms with Gasteiger partial charge >= 0.3 is 0 Å². The third kappa shape index (κ3) is 8.49. The molecular weight excluding hydrogens is 875 g/mol. The second-order valence-corrected chi connectivity index (χ2v) is 19.6. The lowest BCUT2D eigenvalue weighted by Crippen LogP contribution is -2.25. The van der Waals surface area contributed by atoms with Gasteiger partial charge in [0.05, 0.1) is 28.0 Å². The fourth-order valence-electron chi connectivity index (χ4n) is 11.3. The molecule has 0 saturated heterocycles. The summed E-state index contributed by atoms with van der Waals surface area (Å²) in [5.41, 5.74) is 18.9. The van der Waals surface area contributed by atoms with Crippen LogP contribution in [0, 0.1) is 5.92 Å². The Hall–Kier alpha value is -8.60. The van der Waals surface area contributed by atoms with Gasteiger partial charge in [-0.1, -0.05) is 202 Å². The van der Waals surface area contributed by atoms with Gasteiger partial charge in [-0.2, -0.15) is 0 Å². The molecule has 2 heterocycles. The number of aromatic hydroxyl groups is 1. The van der Waals surface area contributed by atoms with E-state index in [-0.39, 0.29) is 11.2 Å². The molecule has 0 atom stereocenters. The third-order valence-corrected chi connectivity index (χ3v) is 15.1. The van der Waals surface area contributed by atoms with Crippen molar-refractivity contribution in [1.82, 2.24) is 14.5 Å². The molecule has 1 N–H and O–H groups in total. The summed E-state index contributed by atoms with van der Waals surface area (Å²) in [5, 5.41) is 11.5. The Labute approximate surface area is 422 Å². The molecular formula is C68H55N3O. The van der Waals surface area contributed by atoms with Crippen LogP contribution in [0.3, 0.4) is 0 Å². The van der Waals surface area contributed by atoms with Crippen LogP contribution < -0.4 is 0 Å². The Morgan fingerprint density at radius 2 is 1.06 bits per heavy atom. The van der Waals surface area contributed by atoms with Crippen molar-refractivity contribution < 1.29 is 5.11 Å². The predicted molar refractivity (Wildman–Crippen MR) is 297 cm³/mol. The maximum absolute atomic E-state index is 11.5. The number of pyridine rings is 1. The van der Waals surface area contributed by atoms with Crippen molar-refractivity contribution in [2.75, 3.05) is 0 Å². The van der Waals surface area contributed by atoms with Gasteiger partial charge in [-0.15, -0.1) is 0 Å². The van der Waals surface area contributed by atoms with Crippen molar-refractivity contribution >= 4 is 11.0 Å².